The number of halogens is 2. The van der Waals surface area contributed by atoms with Gasteiger partial charge in [-0.3, -0.25) is 0 Å². The van der Waals surface area contributed by atoms with E-state index < -0.39 is 0 Å². The minimum Gasteiger partial charge on any atom is -0.381 e. The van der Waals surface area contributed by atoms with E-state index >= 15 is 0 Å². The number of nitrogens with one attached hydrogen (secondary N) is 1. The summed E-state index contributed by atoms with van der Waals surface area (Å²) in [6.45, 7) is 2.52. The van der Waals surface area contributed by atoms with Gasteiger partial charge in [-0.2, -0.15) is 0 Å². The molecule has 1 heterocycles. The van der Waals surface area contributed by atoms with Crippen LogP contribution in [0.15, 0.2) is 36.4 Å². The summed E-state index contributed by atoms with van der Waals surface area (Å²) in [5.41, 5.74) is 2.81. The van der Waals surface area contributed by atoms with Crippen LogP contribution in [0, 0.1) is 12.7 Å². The lowest BCUT2D eigenvalue weighted by molar-refractivity contribution is 0.626. The van der Waals surface area contributed by atoms with Crippen molar-refractivity contribution in [3.8, 4) is 0 Å². The number of aromatic nitrogens is 1. The van der Waals surface area contributed by atoms with E-state index in [9.17, 15) is 4.39 Å². The van der Waals surface area contributed by atoms with Crippen LogP contribution in [0.25, 0.3) is 10.2 Å². The number of nitrogens with zero attached hydrogens (tertiary/aromatic N) is 1. The minimum atomic E-state index is -0.317. The number of anilines is 1. The summed E-state index contributed by atoms with van der Waals surface area (Å²) in [5, 5.41) is 4.73. The van der Waals surface area contributed by atoms with Crippen molar-refractivity contribution >= 4 is 38.8 Å². The van der Waals surface area contributed by atoms with Gasteiger partial charge in [0.2, 0.25) is 0 Å². The predicted molar refractivity (Wildman–Crippen MR) is 83.1 cm³/mol. The second-order valence-corrected chi connectivity index (χ2v) is 6.22. The molecule has 0 aliphatic rings. The van der Waals surface area contributed by atoms with E-state index in [4.69, 9.17) is 11.6 Å². The summed E-state index contributed by atoms with van der Waals surface area (Å²) >= 11 is 7.50. The molecule has 3 rings (SSSR count). The van der Waals surface area contributed by atoms with Crippen LogP contribution in [0.5, 0.6) is 0 Å². The fourth-order valence-corrected chi connectivity index (χ4v) is 3.18. The number of benzene rings is 2. The van der Waals surface area contributed by atoms with Crippen LogP contribution in [0.3, 0.4) is 0 Å². The Hall–Kier alpha value is -1.65. The molecular weight excluding hydrogens is 295 g/mol. The smallest absolute Gasteiger partial charge is 0.125 e. The molecule has 20 heavy (non-hydrogen) atoms. The SMILES string of the molecule is Cc1nc2ccc(NCc3cc(F)cc(Cl)c3)cc2s1. The molecule has 0 aliphatic heterocycles. The van der Waals surface area contributed by atoms with Crippen LogP contribution in [0.1, 0.15) is 10.6 Å². The third-order valence-electron chi connectivity index (χ3n) is 2.91. The van der Waals surface area contributed by atoms with E-state index in [1.807, 2.05) is 19.1 Å². The fourth-order valence-electron chi connectivity index (χ4n) is 2.07. The maximum atomic E-state index is 13.2. The van der Waals surface area contributed by atoms with Crippen LogP contribution >= 0.6 is 22.9 Å². The van der Waals surface area contributed by atoms with Gasteiger partial charge in [-0.25, -0.2) is 9.37 Å². The second kappa shape index (κ2) is 5.38. The van der Waals surface area contributed by atoms with Gasteiger partial charge in [-0.1, -0.05) is 11.6 Å². The second-order valence-electron chi connectivity index (χ2n) is 4.55. The Labute approximate surface area is 125 Å². The van der Waals surface area contributed by atoms with Crippen molar-refractivity contribution in [3.05, 3.63) is 57.8 Å². The molecule has 1 N–H and O–H groups in total. The van der Waals surface area contributed by atoms with Gasteiger partial charge in [0.25, 0.3) is 0 Å². The van der Waals surface area contributed by atoms with E-state index in [1.54, 1.807) is 17.4 Å². The van der Waals surface area contributed by atoms with E-state index in [2.05, 4.69) is 16.4 Å². The number of hydrogen-bond acceptors (Lipinski definition) is 3. The Bertz CT molecular complexity index is 749. The monoisotopic (exact) mass is 306 g/mol. The lowest BCUT2D eigenvalue weighted by Crippen LogP contribution is -1.99. The highest BCUT2D eigenvalue weighted by Gasteiger charge is 2.03. The number of rotatable bonds is 3. The third-order valence-corrected chi connectivity index (χ3v) is 4.07. The van der Waals surface area contributed by atoms with E-state index in [0.717, 1.165) is 26.5 Å². The average molecular weight is 307 g/mol. The molecule has 0 saturated carbocycles. The molecule has 0 saturated heterocycles. The summed E-state index contributed by atoms with van der Waals surface area (Å²) in [5.74, 6) is -0.317. The van der Waals surface area contributed by atoms with Crippen molar-refractivity contribution in [2.45, 2.75) is 13.5 Å². The zero-order valence-electron chi connectivity index (χ0n) is 10.8. The highest BCUT2D eigenvalue weighted by atomic mass is 35.5. The zero-order chi connectivity index (χ0) is 14.1. The van der Waals surface area contributed by atoms with Crippen LogP contribution in [-0.4, -0.2) is 4.98 Å². The molecule has 0 radical (unpaired) electrons. The number of fused-ring (bicyclic) bond motifs is 1. The van der Waals surface area contributed by atoms with Gasteiger partial charge in [0.1, 0.15) is 5.82 Å². The molecule has 0 fully saturated rings. The number of thiazole rings is 1. The molecule has 0 unspecified atom stereocenters. The highest BCUT2D eigenvalue weighted by molar-refractivity contribution is 7.18. The summed E-state index contributed by atoms with van der Waals surface area (Å²) < 4.78 is 14.4. The topological polar surface area (TPSA) is 24.9 Å². The first-order valence-electron chi connectivity index (χ1n) is 6.16. The molecule has 0 amide bonds. The first-order chi connectivity index (χ1) is 9.60. The highest BCUT2D eigenvalue weighted by Crippen LogP contribution is 2.25. The molecular formula is C15H12ClFN2S. The van der Waals surface area contributed by atoms with Crippen LogP contribution in [-0.2, 0) is 6.54 Å². The van der Waals surface area contributed by atoms with Crippen LogP contribution < -0.4 is 5.32 Å². The fraction of sp³-hybridized carbons (Fsp3) is 0.133. The Balaban J connectivity index is 1.79. The molecule has 0 aliphatic carbocycles. The van der Waals surface area contributed by atoms with Gasteiger partial charge in [0, 0.05) is 17.3 Å². The summed E-state index contributed by atoms with van der Waals surface area (Å²) in [4.78, 5) is 4.42. The van der Waals surface area contributed by atoms with Gasteiger partial charge in [-0.05, 0) is 48.9 Å². The van der Waals surface area contributed by atoms with Crippen molar-refractivity contribution in [2.24, 2.45) is 0 Å². The minimum absolute atomic E-state index is 0.317. The molecule has 0 bridgehead atoms. The molecule has 0 atom stereocenters. The van der Waals surface area contributed by atoms with E-state index in [1.165, 1.54) is 12.1 Å². The Morgan fingerprint density at radius 2 is 2.10 bits per heavy atom. The zero-order valence-corrected chi connectivity index (χ0v) is 12.4. The van der Waals surface area contributed by atoms with Gasteiger partial charge in [0.05, 0.1) is 15.2 Å². The van der Waals surface area contributed by atoms with Crippen molar-refractivity contribution in [2.75, 3.05) is 5.32 Å². The van der Waals surface area contributed by atoms with Crippen molar-refractivity contribution < 1.29 is 4.39 Å². The molecule has 2 aromatic carbocycles. The van der Waals surface area contributed by atoms with E-state index in [-0.39, 0.29) is 5.82 Å². The first kappa shape index (κ1) is 13.3. The molecule has 0 spiro atoms. The standard InChI is InChI=1S/C15H12ClFN2S/c1-9-19-14-3-2-13(7-15(14)20-9)18-8-10-4-11(16)6-12(17)5-10/h2-7,18H,8H2,1H3. The quantitative estimate of drug-likeness (QED) is 0.736. The lowest BCUT2D eigenvalue weighted by atomic mass is 10.2. The summed E-state index contributed by atoms with van der Waals surface area (Å²) in [7, 11) is 0. The normalized spacial score (nSPS) is 10.9. The average Bonchev–Trinajstić information content (AvgIpc) is 2.74. The van der Waals surface area contributed by atoms with Gasteiger partial charge >= 0.3 is 0 Å². The number of aryl methyl sites for hydroxylation is 1. The van der Waals surface area contributed by atoms with Gasteiger partial charge < -0.3 is 5.32 Å². The van der Waals surface area contributed by atoms with Crippen molar-refractivity contribution in [3.63, 3.8) is 0 Å². The molecule has 5 heteroatoms. The summed E-state index contributed by atoms with van der Waals surface area (Å²) in [6.07, 6.45) is 0. The molecule has 1 aromatic heterocycles. The van der Waals surface area contributed by atoms with Crippen molar-refractivity contribution in [1.29, 1.82) is 0 Å². The van der Waals surface area contributed by atoms with Gasteiger partial charge in [0.15, 0.2) is 0 Å². The largest absolute Gasteiger partial charge is 0.381 e. The molecule has 102 valence electrons. The maximum Gasteiger partial charge on any atom is 0.125 e. The van der Waals surface area contributed by atoms with Crippen molar-refractivity contribution in [1.82, 2.24) is 4.98 Å². The maximum absolute atomic E-state index is 13.2. The Kier molecular flexibility index (Phi) is 3.59. The number of hydrogen-bond donors (Lipinski definition) is 1. The van der Waals surface area contributed by atoms with E-state index in [0.29, 0.717) is 11.6 Å². The Morgan fingerprint density at radius 3 is 2.90 bits per heavy atom. The molecule has 3 aromatic rings. The Morgan fingerprint density at radius 1 is 1.25 bits per heavy atom. The van der Waals surface area contributed by atoms with Gasteiger partial charge in [-0.15, -0.1) is 11.3 Å². The third kappa shape index (κ3) is 2.92. The first-order valence-corrected chi connectivity index (χ1v) is 7.36. The molecule has 2 nitrogen and oxygen atoms in total. The van der Waals surface area contributed by atoms with Crippen LogP contribution in [0.2, 0.25) is 5.02 Å². The van der Waals surface area contributed by atoms with Crippen LogP contribution in [0.4, 0.5) is 10.1 Å². The predicted octanol–water partition coefficient (Wildman–Crippen LogP) is 5.01. The summed E-state index contributed by atoms with van der Waals surface area (Å²) in [6, 6.07) is 10.6. The lowest BCUT2D eigenvalue weighted by Gasteiger charge is -2.07.